The van der Waals surface area contributed by atoms with Gasteiger partial charge in [-0.2, -0.15) is 0 Å². The molecule has 0 spiro atoms. The van der Waals surface area contributed by atoms with E-state index in [0.717, 1.165) is 37.9 Å². The first kappa shape index (κ1) is 18.2. The van der Waals surface area contributed by atoms with Crippen molar-refractivity contribution in [3.63, 3.8) is 0 Å². The monoisotopic (exact) mass is 348 g/mol. The molecule has 0 bridgehead atoms. The molecule has 1 aromatic rings. The molecule has 4 nitrogen and oxygen atoms in total. The fraction of sp³-hybridized carbons (Fsp3) is 0.650. The molecule has 5 heteroatoms. The summed E-state index contributed by atoms with van der Waals surface area (Å²) in [6.45, 7) is 0.719. The number of hydrogen-bond donors (Lipinski definition) is 1. The molecule has 1 saturated heterocycles. The van der Waals surface area contributed by atoms with E-state index in [2.05, 4.69) is 5.32 Å². The van der Waals surface area contributed by atoms with Crippen LogP contribution in [0.25, 0.3) is 0 Å². The highest BCUT2D eigenvalue weighted by molar-refractivity contribution is 5.75. The molecule has 1 aliphatic heterocycles. The van der Waals surface area contributed by atoms with Crippen LogP contribution in [0.5, 0.6) is 0 Å². The Morgan fingerprint density at radius 1 is 1.12 bits per heavy atom. The molecular formula is C20H29FN2O2. The molecule has 0 aromatic heterocycles. The lowest BCUT2D eigenvalue weighted by Crippen LogP contribution is -2.47. The second-order valence-corrected chi connectivity index (χ2v) is 7.29. The quantitative estimate of drug-likeness (QED) is 0.819. The smallest absolute Gasteiger partial charge is 0.317 e. The highest BCUT2D eigenvalue weighted by Gasteiger charge is 2.31. The summed E-state index contributed by atoms with van der Waals surface area (Å²) < 4.78 is 19.1. The van der Waals surface area contributed by atoms with Crippen molar-refractivity contribution >= 4 is 6.03 Å². The molecule has 1 N–H and O–H groups in total. The SMILES string of the molecule is CN(C(=O)N[C@H](c1ccc(F)cc1)[C@H]1CCCO1)C1CCCCCC1. The average Bonchev–Trinajstić information content (AvgIpc) is 3.01. The van der Waals surface area contributed by atoms with E-state index in [4.69, 9.17) is 4.74 Å². The first-order valence-corrected chi connectivity index (χ1v) is 9.55. The van der Waals surface area contributed by atoms with E-state index < -0.39 is 0 Å². The van der Waals surface area contributed by atoms with E-state index in [1.165, 1.54) is 37.8 Å². The number of halogens is 1. The molecule has 1 aliphatic carbocycles. The molecule has 2 fully saturated rings. The molecule has 138 valence electrons. The Morgan fingerprint density at radius 3 is 2.40 bits per heavy atom. The molecule has 1 aromatic carbocycles. The van der Waals surface area contributed by atoms with Gasteiger partial charge in [-0.15, -0.1) is 0 Å². The predicted octanol–water partition coefficient (Wildman–Crippen LogP) is 4.41. The number of carbonyl (C=O) groups is 1. The van der Waals surface area contributed by atoms with Crippen LogP contribution in [0.1, 0.15) is 63.0 Å². The minimum atomic E-state index is -0.267. The van der Waals surface area contributed by atoms with Crippen LogP contribution < -0.4 is 5.32 Å². The fourth-order valence-electron chi connectivity index (χ4n) is 3.97. The van der Waals surface area contributed by atoms with Crippen LogP contribution in [0.2, 0.25) is 0 Å². The van der Waals surface area contributed by atoms with Gasteiger partial charge in [-0.05, 0) is 43.4 Å². The van der Waals surface area contributed by atoms with Gasteiger partial charge in [-0.3, -0.25) is 0 Å². The maximum Gasteiger partial charge on any atom is 0.317 e. The van der Waals surface area contributed by atoms with Gasteiger partial charge in [0.1, 0.15) is 5.82 Å². The van der Waals surface area contributed by atoms with Crippen molar-refractivity contribution in [2.45, 2.75) is 69.6 Å². The summed E-state index contributed by atoms with van der Waals surface area (Å²) in [6.07, 6.45) is 8.92. The summed E-state index contributed by atoms with van der Waals surface area (Å²) in [7, 11) is 1.89. The highest BCUT2D eigenvalue weighted by atomic mass is 19.1. The Labute approximate surface area is 149 Å². The Morgan fingerprint density at radius 2 is 1.80 bits per heavy atom. The third-order valence-corrected chi connectivity index (χ3v) is 5.54. The maximum absolute atomic E-state index is 13.3. The zero-order valence-corrected chi connectivity index (χ0v) is 15.0. The van der Waals surface area contributed by atoms with Crippen LogP contribution >= 0.6 is 0 Å². The van der Waals surface area contributed by atoms with Gasteiger partial charge in [0, 0.05) is 19.7 Å². The normalized spacial score (nSPS) is 23.0. The second-order valence-electron chi connectivity index (χ2n) is 7.29. The van der Waals surface area contributed by atoms with Crippen LogP contribution in [-0.2, 0) is 4.74 Å². The number of hydrogen-bond acceptors (Lipinski definition) is 2. The van der Waals surface area contributed by atoms with Gasteiger partial charge in [0.15, 0.2) is 0 Å². The van der Waals surface area contributed by atoms with Crippen molar-refractivity contribution in [3.8, 4) is 0 Å². The van der Waals surface area contributed by atoms with Crippen LogP contribution in [0.15, 0.2) is 24.3 Å². The molecule has 2 aliphatic rings. The number of nitrogens with zero attached hydrogens (tertiary/aromatic N) is 1. The molecule has 1 heterocycles. The van der Waals surface area contributed by atoms with Gasteiger partial charge in [0.05, 0.1) is 12.1 Å². The van der Waals surface area contributed by atoms with Gasteiger partial charge < -0.3 is 15.0 Å². The molecule has 0 radical (unpaired) electrons. The molecule has 25 heavy (non-hydrogen) atoms. The number of benzene rings is 1. The summed E-state index contributed by atoms with van der Waals surface area (Å²) in [6, 6.07) is 6.39. The summed E-state index contributed by atoms with van der Waals surface area (Å²) in [4.78, 5) is 14.7. The Kier molecular flexibility index (Phi) is 6.29. The van der Waals surface area contributed by atoms with Crippen molar-refractivity contribution in [1.29, 1.82) is 0 Å². The van der Waals surface area contributed by atoms with Crippen LogP contribution in [0.4, 0.5) is 9.18 Å². The lowest BCUT2D eigenvalue weighted by molar-refractivity contribution is 0.0772. The van der Waals surface area contributed by atoms with Crippen molar-refractivity contribution in [3.05, 3.63) is 35.6 Å². The average molecular weight is 348 g/mol. The predicted molar refractivity (Wildman–Crippen MR) is 95.9 cm³/mol. The van der Waals surface area contributed by atoms with Gasteiger partial charge >= 0.3 is 6.03 Å². The van der Waals surface area contributed by atoms with Crippen LogP contribution in [0.3, 0.4) is 0 Å². The molecule has 0 unspecified atom stereocenters. The zero-order valence-electron chi connectivity index (χ0n) is 15.0. The van der Waals surface area contributed by atoms with Gasteiger partial charge in [-0.1, -0.05) is 37.8 Å². The molecule has 1 saturated carbocycles. The first-order valence-electron chi connectivity index (χ1n) is 9.55. The van der Waals surface area contributed by atoms with Crippen LogP contribution in [-0.4, -0.2) is 36.7 Å². The Bertz CT molecular complexity index is 549. The zero-order chi connectivity index (χ0) is 17.6. The molecule has 2 amide bonds. The highest BCUT2D eigenvalue weighted by Crippen LogP contribution is 2.28. The Balaban J connectivity index is 1.70. The van der Waals surface area contributed by atoms with Gasteiger partial charge in [0.25, 0.3) is 0 Å². The summed E-state index contributed by atoms with van der Waals surface area (Å²) in [5.74, 6) is -0.267. The van der Waals surface area contributed by atoms with Crippen molar-refractivity contribution in [1.82, 2.24) is 10.2 Å². The topological polar surface area (TPSA) is 41.6 Å². The van der Waals surface area contributed by atoms with Crippen molar-refractivity contribution < 1.29 is 13.9 Å². The lowest BCUT2D eigenvalue weighted by Gasteiger charge is -2.31. The molecule has 2 atom stereocenters. The largest absolute Gasteiger partial charge is 0.376 e. The van der Waals surface area contributed by atoms with Gasteiger partial charge in [0.2, 0.25) is 0 Å². The van der Waals surface area contributed by atoms with E-state index in [1.54, 1.807) is 12.1 Å². The maximum atomic E-state index is 13.3. The third-order valence-electron chi connectivity index (χ3n) is 5.54. The van der Waals surface area contributed by atoms with E-state index in [-0.39, 0.29) is 24.0 Å². The number of carbonyl (C=O) groups excluding carboxylic acids is 1. The number of urea groups is 1. The van der Waals surface area contributed by atoms with Crippen molar-refractivity contribution in [2.24, 2.45) is 0 Å². The minimum Gasteiger partial charge on any atom is -0.376 e. The number of rotatable bonds is 4. The summed E-state index contributed by atoms with van der Waals surface area (Å²) >= 11 is 0. The molecule has 3 rings (SSSR count). The third kappa shape index (κ3) is 4.72. The lowest BCUT2D eigenvalue weighted by atomic mass is 9.99. The molecular weight excluding hydrogens is 319 g/mol. The minimum absolute atomic E-state index is 0.0445. The van der Waals surface area contributed by atoms with Gasteiger partial charge in [-0.25, -0.2) is 9.18 Å². The number of nitrogens with one attached hydrogen (secondary N) is 1. The second kappa shape index (κ2) is 8.65. The standard InChI is InChI=1S/C20H29FN2O2/c1-23(17-7-4-2-3-5-8-17)20(24)22-19(18-9-6-14-25-18)15-10-12-16(21)13-11-15/h10-13,17-19H,2-9,14H2,1H3,(H,22,24)/t18-,19-/m1/s1. The summed E-state index contributed by atoms with van der Waals surface area (Å²) in [5.41, 5.74) is 0.899. The summed E-state index contributed by atoms with van der Waals surface area (Å²) in [5, 5.41) is 3.15. The van der Waals surface area contributed by atoms with Crippen LogP contribution in [0, 0.1) is 5.82 Å². The van der Waals surface area contributed by atoms with E-state index >= 15 is 0 Å². The van der Waals surface area contributed by atoms with E-state index in [0.29, 0.717) is 6.04 Å². The number of ether oxygens (including phenoxy) is 1. The van der Waals surface area contributed by atoms with Crippen molar-refractivity contribution in [2.75, 3.05) is 13.7 Å². The van der Waals surface area contributed by atoms with E-state index in [1.807, 2.05) is 11.9 Å². The van der Waals surface area contributed by atoms with E-state index in [9.17, 15) is 9.18 Å². The first-order chi connectivity index (χ1) is 12.1. The fourth-order valence-corrected chi connectivity index (χ4v) is 3.97. The number of amides is 2. The Hall–Kier alpha value is -1.62.